The number of hydrogen-bond donors (Lipinski definition) is 1. The Kier molecular flexibility index (Phi) is 5.63. The van der Waals surface area contributed by atoms with Gasteiger partial charge in [0.2, 0.25) is 0 Å². The molecule has 1 aliphatic carbocycles. The second-order valence-electron chi connectivity index (χ2n) is 7.31. The molecule has 2 rings (SSSR count). The van der Waals surface area contributed by atoms with Crippen LogP contribution in [0.3, 0.4) is 0 Å². The van der Waals surface area contributed by atoms with E-state index >= 15 is 0 Å². The quantitative estimate of drug-likeness (QED) is 0.798. The Morgan fingerprint density at radius 3 is 2.90 bits per heavy atom. The van der Waals surface area contributed by atoms with Gasteiger partial charge in [-0.2, -0.15) is 0 Å². The molecule has 0 saturated heterocycles. The number of aromatic nitrogens is 1. The monoisotopic (exact) mass is 290 g/mol. The van der Waals surface area contributed by atoms with Gasteiger partial charge in [-0.25, -0.2) is 0 Å². The molecular weight excluding hydrogens is 260 g/mol. The molecule has 3 nitrogen and oxygen atoms in total. The van der Waals surface area contributed by atoms with Gasteiger partial charge in [-0.05, 0) is 49.6 Å². The number of nitrogens with one attached hydrogen (secondary N) is 1. The van der Waals surface area contributed by atoms with Crippen LogP contribution in [-0.4, -0.2) is 17.6 Å². The number of pyridine rings is 1. The molecule has 2 unspecified atom stereocenters. The second-order valence-corrected chi connectivity index (χ2v) is 7.31. The van der Waals surface area contributed by atoms with E-state index in [1.165, 1.54) is 6.42 Å². The molecule has 1 saturated carbocycles. The summed E-state index contributed by atoms with van der Waals surface area (Å²) in [5, 5.41) is 3.38. The molecule has 1 fully saturated rings. The Morgan fingerprint density at radius 2 is 2.19 bits per heavy atom. The predicted octanol–water partition coefficient (Wildman–Crippen LogP) is 4.17. The van der Waals surface area contributed by atoms with Crippen LogP contribution in [0.1, 0.15) is 59.1 Å². The highest BCUT2D eigenvalue weighted by Crippen LogP contribution is 2.39. The molecule has 3 heteroatoms. The number of rotatable bonds is 6. The third kappa shape index (κ3) is 5.31. The summed E-state index contributed by atoms with van der Waals surface area (Å²) in [4.78, 5) is 4.41. The minimum Gasteiger partial charge on any atom is -0.490 e. The van der Waals surface area contributed by atoms with E-state index in [2.05, 4.69) is 44.1 Å². The summed E-state index contributed by atoms with van der Waals surface area (Å²) in [7, 11) is 0. The van der Waals surface area contributed by atoms with E-state index in [0.717, 1.165) is 49.7 Å². The van der Waals surface area contributed by atoms with E-state index in [9.17, 15) is 0 Å². The van der Waals surface area contributed by atoms with Crippen LogP contribution in [0.2, 0.25) is 0 Å². The molecule has 2 atom stereocenters. The van der Waals surface area contributed by atoms with Crippen molar-refractivity contribution in [3.8, 4) is 5.75 Å². The van der Waals surface area contributed by atoms with Gasteiger partial charge in [0.15, 0.2) is 0 Å². The molecule has 118 valence electrons. The minimum atomic E-state index is 0.336. The van der Waals surface area contributed by atoms with E-state index in [4.69, 9.17) is 4.74 Å². The average molecular weight is 290 g/mol. The van der Waals surface area contributed by atoms with Gasteiger partial charge in [0.25, 0.3) is 0 Å². The summed E-state index contributed by atoms with van der Waals surface area (Å²) in [5.74, 6) is 1.71. The molecule has 1 aliphatic rings. The molecule has 1 aromatic rings. The predicted molar refractivity (Wildman–Crippen MR) is 87.4 cm³/mol. The lowest BCUT2D eigenvalue weighted by molar-refractivity contribution is 0.0561. The Balaban J connectivity index is 1.94. The second kappa shape index (κ2) is 7.26. The van der Waals surface area contributed by atoms with Crippen LogP contribution in [0.5, 0.6) is 5.75 Å². The highest BCUT2D eigenvalue weighted by Gasteiger charge is 2.33. The third-order valence-electron chi connectivity index (χ3n) is 4.17. The summed E-state index contributed by atoms with van der Waals surface area (Å²) in [5.41, 5.74) is 1.45. The Bertz CT molecular complexity index is 445. The molecule has 1 aromatic heterocycles. The van der Waals surface area contributed by atoms with E-state index in [1.54, 1.807) is 0 Å². The lowest BCUT2D eigenvalue weighted by atomic mass is 9.71. The molecule has 0 amide bonds. The van der Waals surface area contributed by atoms with E-state index in [1.807, 2.05) is 12.3 Å². The van der Waals surface area contributed by atoms with Crippen molar-refractivity contribution in [2.75, 3.05) is 6.54 Å². The minimum absolute atomic E-state index is 0.336. The van der Waals surface area contributed by atoms with Gasteiger partial charge in [0.05, 0.1) is 11.8 Å². The van der Waals surface area contributed by atoms with Crippen molar-refractivity contribution in [2.45, 2.75) is 66.0 Å². The summed E-state index contributed by atoms with van der Waals surface area (Å²) < 4.78 is 6.24. The molecule has 0 aliphatic heterocycles. The SMILES string of the molecule is CCCNCc1cc(OC2CC(C)CC(C)(C)C2)ccn1. The van der Waals surface area contributed by atoms with Gasteiger partial charge in [0, 0.05) is 18.8 Å². The van der Waals surface area contributed by atoms with Crippen LogP contribution in [-0.2, 0) is 6.54 Å². The van der Waals surface area contributed by atoms with Crippen LogP contribution in [0.4, 0.5) is 0 Å². The fourth-order valence-corrected chi connectivity index (χ4v) is 3.56. The standard InChI is InChI=1S/C18H30N2O/c1-5-7-19-13-15-10-16(6-8-20-15)21-17-9-14(2)11-18(3,4)12-17/h6,8,10,14,17,19H,5,7,9,11-13H2,1-4H3. The molecule has 0 spiro atoms. The summed E-state index contributed by atoms with van der Waals surface area (Å²) in [6, 6.07) is 4.06. The van der Waals surface area contributed by atoms with Crippen molar-refractivity contribution >= 4 is 0 Å². The summed E-state index contributed by atoms with van der Waals surface area (Å²) in [6.07, 6.45) is 6.94. The largest absolute Gasteiger partial charge is 0.490 e. The zero-order valence-electron chi connectivity index (χ0n) is 14.0. The zero-order valence-corrected chi connectivity index (χ0v) is 14.0. The van der Waals surface area contributed by atoms with Gasteiger partial charge in [-0.15, -0.1) is 0 Å². The normalized spacial score (nSPS) is 24.8. The van der Waals surface area contributed by atoms with Crippen molar-refractivity contribution in [1.29, 1.82) is 0 Å². The van der Waals surface area contributed by atoms with Crippen molar-refractivity contribution in [3.63, 3.8) is 0 Å². The van der Waals surface area contributed by atoms with Crippen molar-refractivity contribution < 1.29 is 4.74 Å². The van der Waals surface area contributed by atoms with Crippen LogP contribution >= 0.6 is 0 Å². The van der Waals surface area contributed by atoms with E-state index in [-0.39, 0.29) is 0 Å². The van der Waals surface area contributed by atoms with E-state index < -0.39 is 0 Å². The number of ether oxygens (including phenoxy) is 1. The highest BCUT2D eigenvalue weighted by molar-refractivity contribution is 5.23. The van der Waals surface area contributed by atoms with Crippen molar-refractivity contribution in [1.82, 2.24) is 10.3 Å². The first-order chi connectivity index (χ1) is 9.98. The van der Waals surface area contributed by atoms with Crippen LogP contribution in [0.15, 0.2) is 18.3 Å². The van der Waals surface area contributed by atoms with Crippen molar-refractivity contribution in [2.24, 2.45) is 11.3 Å². The zero-order chi connectivity index (χ0) is 15.3. The first-order valence-corrected chi connectivity index (χ1v) is 8.31. The molecule has 0 bridgehead atoms. The maximum absolute atomic E-state index is 6.24. The maximum atomic E-state index is 6.24. The molecule has 21 heavy (non-hydrogen) atoms. The molecular formula is C18H30N2O. The van der Waals surface area contributed by atoms with Gasteiger partial charge in [0.1, 0.15) is 5.75 Å². The fraction of sp³-hybridized carbons (Fsp3) is 0.722. The van der Waals surface area contributed by atoms with Crippen LogP contribution < -0.4 is 10.1 Å². The van der Waals surface area contributed by atoms with Crippen molar-refractivity contribution in [3.05, 3.63) is 24.0 Å². The Labute approximate surface area is 129 Å². The fourth-order valence-electron chi connectivity index (χ4n) is 3.56. The number of hydrogen-bond acceptors (Lipinski definition) is 3. The lowest BCUT2D eigenvalue weighted by Gasteiger charge is -2.38. The summed E-state index contributed by atoms with van der Waals surface area (Å²) >= 11 is 0. The first kappa shape index (κ1) is 16.3. The topological polar surface area (TPSA) is 34.1 Å². The maximum Gasteiger partial charge on any atom is 0.123 e. The number of nitrogens with zero attached hydrogens (tertiary/aromatic N) is 1. The molecule has 0 aromatic carbocycles. The average Bonchev–Trinajstić information content (AvgIpc) is 2.37. The molecule has 0 radical (unpaired) electrons. The smallest absolute Gasteiger partial charge is 0.123 e. The van der Waals surface area contributed by atoms with Gasteiger partial charge in [-0.1, -0.05) is 27.7 Å². The molecule has 1 N–H and O–H groups in total. The van der Waals surface area contributed by atoms with Crippen LogP contribution in [0, 0.1) is 11.3 Å². The Hall–Kier alpha value is -1.09. The van der Waals surface area contributed by atoms with Gasteiger partial charge < -0.3 is 10.1 Å². The van der Waals surface area contributed by atoms with Gasteiger partial charge >= 0.3 is 0 Å². The van der Waals surface area contributed by atoms with Gasteiger partial charge in [-0.3, -0.25) is 4.98 Å². The first-order valence-electron chi connectivity index (χ1n) is 8.31. The lowest BCUT2D eigenvalue weighted by Crippen LogP contribution is -2.34. The summed E-state index contributed by atoms with van der Waals surface area (Å²) in [6.45, 7) is 11.1. The van der Waals surface area contributed by atoms with E-state index in [0.29, 0.717) is 11.5 Å². The highest BCUT2D eigenvalue weighted by atomic mass is 16.5. The van der Waals surface area contributed by atoms with Crippen LogP contribution in [0.25, 0.3) is 0 Å². The Morgan fingerprint density at radius 1 is 1.38 bits per heavy atom. The third-order valence-corrected chi connectivity index (χ3v) is 4.17. The molecule has 1 heterocycles.